The fourth-order valence-electron chi connectivity index (χ4n) is 4.37. The van der Waals surface area contributed by atoms with Crippen LogP contribution < -0.4 is 9.62 Å². The van der Waals surface area contributed by atoms with Crippen LogP contribution >= 0.6 is 0 Å². The molecular weight excluding hydrogens is 495 g/mol. The fraction of sp³-hybridized carbons (Fsp3) is 0.481. The van der Waals surface area contributed by atoms with E-state index < -0.39 is 34.5 Å². The number of carbonyl (C=O) groups is 2. The molecule has 1 N–H and O–H groups in total. The maximum absolute atomic E-state index is 13.7. The first-order valence-electron chi connectivity index (χ1n) is 12.6. The predicted molar refractivity (Wildman–Crippen MR) is 143 cm³/mol. The molecule has 202 valence electrons. The second-order valence-corrected chi connectivity index (χ2v) is 11.9. The van der Waals surface area contributed by atoms with E-state index >= 15 is 0 Å². The highest BCUT2D eigenvalue weighted by Gasteiger charge is 2.33. The quantitative estimate of drug-likeness (QED) is 0.506. The normalized spacial score (nSPS) is 15.3. The van der Waals surface area contributed by atoms with E-state index in [2.05, 4.69) is 5.32 Å². The number of amides is 2. The summed E-state index contributed by atoms with van der Waals surface area (Å²) in [6.07, 6.45) is 5.08. The Bertz CT molecular complexity index is 1160. The minimum Gasteiger partial charge on any atom is -0.352 e. The number of nitrogens with zero attached hydrogens (tertiary/aromatic N) is 3. The maximum Gasteiger partial charge on any atom is 0.304 e. The van der Waals surface area contributed by atoms with E-state index in [-0.39, 0.29) is 24.2 Å². The Morgan fingerprint density at radius 2 is 1.59 bits per heavy atom. The lowest BCUT2D eigenvalue weighted by Crippen LogP contribution is -2.53. The van der Waals surface area contributed by atoms with Gasteiger partial charge in [-0.3, -0.25) is 9.59 Å². The van der Waals surface area contributed by atoms with E-state index in [1.54, 1.807) is 6.92 Å². The molecule has 1 fully saturated rings. The summed E-state index contributed by atoms with van der Waals surface area (Å²) in [5, 5.41) is 3.07. The molecule has 2 amide bonds. The molecule has 2 aromatic rings. The third kappa shape index (κ3) is 7.52. The van der Waals surface area contributed by atoms with Crippen molar-refractivity contribution >= 4 is 27.7 Å². The Labute approximate surface area is 219 Å². The lowest BCUT2D eigenvalue weighted by molar-refractivity contribution is -0.139. The van der Waals surface area contributed by atoms with Gasteiger partial charge >= 0.3 is 10.2 Å². The molecule has 10 heteroatoms. The number of anilines is 1. The van der Waals surface area contributed by atoms with Crippen molar-refractivity contribution in [2.24, 2.45) is 0 Å². The molecule has 3 rings (SSSR count). The van der Waals surface area contributed by atoms with Gasteiger partial charge in [-0.2, -0.15) is 12.7 Å². The Morgan fingerprint density at radius 3 is 2.16 bits per heavy atom. The summed E-state index contributed by atoms with van der Waals surface area (Å²) in [4.78, 5) is 28.3. The van der Waals surface area contributed by atoms with Gasteiger partial charge in [0.15, 0.2) is 0 Å². The highest BCUT2D eigenvalue weighted by atomic mass is 32.2. The topological polar surface area (TPSA) is 90.0 Å². The van der Waals surface area contributed by atoms with Crippen molar-refractivity contribution in [1.82, 2.24) is 14.5 Å². The zero-order valence-electron chi connectivity index (χ0n) is 22.0. The molecule has 1 aliphatic rings. The summed E-state index contributed by atoms with van der Waals surface area (Å²) in [6.45, 7) is 3.21. The summed E-state index contributed by atoms with van der Waals surface area (Å²) >= 11 is 0. The van der Waals surface area contributed by atoms with E-state index in [0.717, 1.165) is 64.0 Å². The summed E-state index contributed by atoms with van der Waals surface area (Å²) < 4.78 is 41.8. The van der Waals surface area contributed by atoms with Crippen LogP contribution in [0.2, 0.25) is 0 Å². The molecule has 2 aromatic carbocycles. The smallest absolute Gasteiger partial charge is 0.304 e. The lowest BCUT2D eigenvalue weighted by Gasteiger charge is -2.34. The molecule has 0 bridgehead atoms. The van der Waals surface area contributed by atoms with Crippen LogP contribution in [0.4, 0.5) is 10.1 Å². The van der Waals surface area contributed by atoms with Crippen LogP contribution in [0.3, 0.4) is 0 Å². The van der Waals surface area contributed by atoms with Gasteiger partial charge in [-0.25, -0.2) is 8.70 Å². The highest BCUT2D eigenvalue weighted by molar-refractivity contribution is 7.90. The van der Waals surface area contributed by atoms with Gasteiger partial charge in [0.1, 0.15) is 18.4 Å². The second kappa shape index (κ2) is 12.5. The fourth-order valence-corrected chi connectivity index (χ4v) is 5.42. The van der Waals surface area contributed by atoms with Gasteiger partial charge in [0.05, 0.1) is 5.69 Å². The maximum atomic E-state index is 13.7. The number of carbonyl (C=O) groups excluding carboxylic acids is 2. The van der Waals surface area contributed by atoms with Crippen molar-refractivity contribution in [3.63, 3.8) is 0 Å². The minimum atomic E-state index is -4.08. The number of aryl methyl sites for hydroxylation is 1. The zero-order chi connectivity index (χ0) is 27.2. The van der Waals surface area contributed by atoms with E-state index in [4.69, 9.17) is 0 Å². The molecule has 0 aromatic heterocycles. The summed E-state index contributed by atoms with van der Waals surface area (Å²) in [7, 11) is -1.36. The molecule has 8 nitrogen and oxygen atoms in total. The molecule has 0 saturated heterocycles. The largest absolute Gasteiger partial charge is 0.352 e. The second-order valence-electron chi connectivity index (χ2n) is 9.80. The monoisotopic (exact) mass is 532 g/mol. The van der Waals surface area contributed by atoms with Gasteiger partial charge in [-0.05, 0) is 56.5 Å². The molecule has 1 aliphatic carbocycles. The van der Waals surface area contributed by atoms with Crippen LogP contribution in [0.1, 0.15) is 50.2 Å². The molecular formula is C27H37FN4O4S. The molecule has 1 saturated carbocycles. The van der Waals surface area contributed by atoms with Crippen molar-refractivity contribution in [3.05, 3.63) is 65.5 Å². The van der Waals surface area contributed by atoms with E-state index in [1.807, 2.05) is 31.2 Å². The van der Waals surface area contributed by atoms with E-state index in [9.17, 15) is 22.4 Å². The molecule has 37 heavy (non-hydrogen) atoms. The van der Waals surface area contributed by atoms with Crippen LogP contribution in [0.15, 0.2) is 48.5 Å². The number of benzene rings is 2. The van der Waals surface area contributed by atoms with Gasteiger partial charge in [0.2, 0.25) is 11.8 Å². The standard InChI is InChI=1S/C27H37FN4O4S/c1-20-10-12-22(13-11-20)18-31(21(2)27(34)29-24-8-6-5-7-9-24)26(33)19-32(37(35,36)30(3)4)25-16-14-23(28)15-17-25/h10-17,21,24H,5-9,18-19H2,1-4H3,(H,29,34). The third-order valence-electron chi connectivity index (χ3n) is 6.73. The first-order valence-corrected chi connectivity index (χ1v) is 14.0. The van der Waals surface area contributed by atoms with Crippen LogP contribution in [-0.2, 0) is 26.3 Å². The Balaban J connectivity index is 1.90. The molecule has 1 atom stereocenters. The van der Waals surface area contributed by atoms with Gasteiger partial charge in [0, 0.05) is 26.7 Å². The summed E-state index contributed by atoms with van der Waals surface area (Å²) in [5.74, 6) is -1.33. The van der Waals surface area contributed by atoms with Crippen molar-refractivity contribution < 1.29 is 22.4 Å². The average Bonchev–Trinajstić information content (AvgIpc) is 2.87. The van der Waals surface area contributed by atoms with Gasteiger partial charge in [0.25, 0.3) is 0 Å². The average molecular weight is 533 g/mol. The van der Waals surface area contributed by atoms with Crippen molar-refractivity contribution in [2.45, 2.75) is 64.6 Å². The number of hydrogen-bond acceptors (Lipinski definition) is 4. The van der Waals surface area contributed by atoms with Crippen molar-refractivity contribution in [1.29, 1.82) is 0 Å². The Morgan fingerprint density at radius 1 is 1.00 bits per heavy atom. The SMILES string of the molecule is Cc1ccc(CN(C(=O)CN(c2ccc(F)cc2)S(=O)(=O)N(C)C)C(C)C(=O)NC2CCCCC2)cc1. The Kier molecular flexibility index (Phi) is 9.67. The van der Waals surface area contributed by atoms with Crippen LogP contribution in [0, 0.1) is 12.7 Å². The van der Waals surface area contributed by atoms with Crippen molar-refractivity contribution in [2.75, 3.05) is 24.9 Å². The van der Waals surface area contributed by atoms with Gasteiger partial charge < -0.3 is 10.2 Å². The Hall–Kier alpha value is -2.98. The molecule has 0 radical (unpaired) electrons. The van der Waals surface area contributed by atoms with E-state index in [1.165, 1.54) is 31.1 Å². The zero-order valence-corrected chi connectivity index (χ0v) is 22.8. The summed E-state index contributed by atoms with van der Waals surface area (Å²) in [5.41, 5.74) is 2.03. The number of rotatable bonds is 10. The molecule has 0 aliphatic heterocycles. The van der Waals surface area contributed by atoms with Gasteiger partial charge in [-0.15, -0.1) is 0 Å². The third-order valence-corrected chi connectivity index (χ3v) is 8.55. The molecule has 0 heterocycles. The summed E-state index contributed by atoms with van der Waals surface area (Å²) in [6, 6.07) is 11.8. The van der Waals surface area contributed by atoms with Gasteiger partial charge in [-0.1, -0.05) is 49.1 Å². The van der Waals surface area contributed by atoms with Crippen LogP contribution in [-0.4, -0.2) is 62.2 Å². The first-order chi connectivity index (χ1) is 17.5. The van der Waals surface area contributed by atoms with E-state index in [0.29, 0.717) is 0 Å². The van der Waals surface area contributed by atoms with Crippen molar-refractivity contribution in [3.8, 4) is 0 Å². The number of hydrogen-bond donors (Lipinski definition) is 1. The van der Waals surface area contributed by atoms with Crippen LogP contribution in [0.5, 0.6) is 0 Å². The molecule has 0 spiro atoms. The minimum absolute atomic E-state index is 0.0739. The predicted octanol–water partition coefficient (Wildman–Crippen LogP) is 3.61. The highest BCUT2D eigenvalue weighted by Crippen LogP contribution is 2.22. The lowest BCUT2D eigenvalue weighted by atomic mass is 9.95. The number of halogens is 1. The number of nitrogens with one attached hydrogen (secondary N) is 1. The van der Waals surface area contributed by atoms with Crippen LogP contribution in [0.25, 0.3) is 0 Å². The first kappa shape index (κ1) is 28.6. The molecule has 1 unspecified atom stereocenters.